The van der Waals surface area contributed by atoms with Crippen LogP contribution in [-0.4, -0.2) is 4.98 Å². The highest BCUT2D eigenvalue weighted by molar-refractivity contribution is 7.11. The van der Waals surface area contributed by atoms with Gasteiger partial charge in [0.05, 0.1) is 5.01 Å². The molecule has 0 bridgehead atoms. The van der Waals surface area contributed by atoms with Gasteiger partial charge in [0.15, 0.2) is 0 Å². The van der Waals surface area contributed by atoms with E-state index in [9.17, 15) is 0 Å². The number of nitrogens with one attached hydrogen (secondary N) is 1. The summed E-state index contributed by atoms with van der Waals surface area (Å²) < 4.78 is 0. The second-order valence-electron chi connectivity index (χ2n) is 5.09. The standard InChI is InChI=1S/C15H17ClN2S/c1-10-17-8-14(19-10)9-18-15(11-2-3-11)12-4-6-13(16)7-5-12/h4-8,11,15,18H,2-3,9H2,1H3. The third-order valence-electron chi connectivity index (χ3n) is 3.49. The van der Waals surface area contributed by atoms with E-state index in [1.807, 2.05) is 25.3 Å². The SMILES string of the molecule is Cc1ncc(CNC(c2ccc(Cl)cc2)C2CC2)s1. The Balaban J connectivity index is 1.69. The second-order valence-corrected chi connectivity index (χ2v) is 6.85. The van der Waals surface area contributed by atoms with Crippen molar-refractivity contribution >= 4 is 22.9 Å². The zero-order chi connectivity index (χ0) is 13.2. The van der Waals surface area contributed by atoms with Gasteiger partial charge in [-0.3, -0.25) is 0 Å². The van der Waals surface area contributed by atoms with E-state index in [2.05, 4.69) is 22.4 Å². The quantitative estimate of drug-likeness (QED) is 0.886. The van der Waals surface area contributed by atoms with Crippen LogP contribution in [0.4, 0.5) is 0 Å². The van der Waals surface area contributed by atoms with Crippen molar-refractivity contribution in [3.63, 3.8) is 0 Å². The van der Waals surface area contributed by atoms with Crippen LogP contribution in [0.3, 0.4) is 0 Å². The van der Waals surface area contributed by atoms with Gasteiger partial charge in [0, 0.05) is 28.7 Å². The molecule has 1 N–H and O–H groups in total. The van der Waals surface area contributed by atoms with Gasteiger partial charge in [-0.15, -0.1) is 11.3 Å². The number of nitrogens with zero attached hydrogens (tertiary/aromatic N) is 1. The molecule has 1 fully saturated rings. The van der Waals surface area contributed by atoms with Gasteiger partial charge < -0.3 is 5.32 Å². The van der Waals surface area contributed by atoms with Crippen LogP contribution in [0.2, 0.25) is 5.02 Å². The first-order valence-electron chi connectivity index (χ1n) is 6.62. The fourth-order valence-corrected chi connectivity index (χ4v) is 3.23. The topological polar surface area (TPSA) is 24.9 Å². The maximum atomic E-state index is 5.96. The van der Waals surface area contributed by atoms with Crippen LogP contribution in [0.5, 0.6) is 0 Å². The van der Waals surface area contributed by atoms with Crippen LogP contribution in [0, 0.1) is 12.8 Å². The van der Waals surface area contributed by atoms with Crippen LogP contribution in [-0.2, 0) is 6.54 Å². The minimum atomic E-state index is 0.444. The highest BCUT2D eigenvalue weighted by Gasteiger charge is 2.31. The van der Waals surface area contributed by atoms with Gasteiger partial charge in [-0.05, 0) is 43.4 Å². The van der Waals surface area contributed by atoms with E-state index in [1.165, 1.54) is 23.3 Å². The predicted octanol–water partition coefficient (Wildman–Crippen LogP) is 4.35. The fraction of sp³-hybridized carbons (Fsp3) is 0.400. The highest BCUT2D eigenvalue weighted by Crippen LogP contribution is 2.41. The lowest BCUT2D eigenvalue weighted by molar-refractivity contribution is 0.482. The summed E-state index contributed by atoms with van der Waals surface area (Å²) in [6, 6.07) is 8.67. The molecule has 1 aromatic carbocycles. The molecule has 2 aromatic rings. The first kappa shape index (κ1) is 13.1. The molecule has 19 heavy (non-hydrogen) atoms. The Morgan fingerprint density at radius 1 is 1.37 bits per heavy atom. The highest BCUT2D eigenvalue weighted by atomic mass is 35.5. The molecular weight excluding hydrogens is 276 g/mol. The number of aromatic nitrogens is 1. The fourth-order valence-electron chi connectivity index (χ4n) is 2.35. The van der Waals surface area contributed by atoms with E-state index in [1.54, 1.807) is 11.3 Å². The molecule has 1 aromatic heterocycles. The Bertz CT molecular complexity index is 546. The van der Waals surface area contributed by atoms with Crippen LogP contribution in [0.1, 0.15) is 34.3 Å². The third kappa shape index (κ3) is 3.35. The number of benzene rings is 1. The van der Waals surface area contributed by atoms with E-state index in [0.29, 0.717) is 6.04 Å². The summed E-state index contributed by atoms with van der Waals surface area (Å²) in [5, 5.41) is 5.61. The number of hydrogen-bond donors (Lipinski definition) is 1. The second kappa shape index (κ2) is 5.61. The molecule has 1 heterocycles. The first-order valence-corrected chi connectivity index (χ1v) is 7.82. The summed E-state index contributed by atoms with van der Waals surface area (Å²) in [5.74, 6) is 0.773. The molecule has 0 aliphatic heterocycles. The van der Waals surface area contributed by atoms with Crippen molar-refractivity contribution in [2.24, 2.45) is 5.92 Å². The van der Waals surface area contributed by atoms with E-state index in [-0.39, 0.29) is 0 Å². The lowest BCUT2D eigenvalue weighted by Crippen LogP contribution is -2.22. The van der Waals surface area contributed by atoms with Crippen molar-refractivity contribution < 1.29 is 0 Å². The maximum Gasteiger partial charge on any atom is 0.0897 e. The van der Waals surface area contributed by atoms with Crippen LogP contribution >= 0.6 is 22.9 Å². The summed E-state index contributed by atoms with van der Waals surface area (Å²) in [6.07, 6.45) is 4.61. The van der Waals surface area contributed by atoms with Crippen molar-refractivity contribution in [3.8, 4) is 0 Å². The molecule has 1 saturated carbocycles. The van der Waals surface area contributed by atoms with Crippen molar-refractivity contribution in [3.05, 3.63) is 50.9 Å². The van der Waals surface area contributed by atoms with Crippen molar-refractivity contribution in [1.82, 2.24) is 10.3 Å². The average molecular weight is 293 g/mol. The maximum absolute atomic E-state index is 5.96. The minimum absolute atomic E-state index is 0.444. The smallest absolute Gasteiger partial charge is 0.0897 e. The van der Waals surface area contributed by atoms with Gasteiger partial charge in [0.2, 0.25) is 0 Å². The number of halogens is 1. The normalized spacial score (nSPS) is 16.5. The van der Waals surface area contributed by atoms with Gasteiger partial charge >= 0.3 is 0 Å². The Morgan fingerprint density at radius 3 is 2.68 bits per heavy atom. The van der Waals surface area contributed by atoms with Crippen molar-refractivity contribution in [2.75, 3.05) is 0 Å². The molecular formula is C15H17ClN2S. The lowest BCUT2D eigenvalue weighted by atomic mass is 10.0. The van der Waals surface area contributed by atoms with Crippen LogP contribution in [0.25, 0.3) is 0 Å². The summed E-state index contributed by atoms with van der Waals surface area (Å²) >= 11 is 7.73. The zero-order valence-electron chi connectivity index (χ0n) is 10.9. The van der Waals surface area contributed by atoms with Gasteiger partial charge in [0.25, 0.3) is 0 Å². The van der Waals surface area contributed by atoms with E-state index >= 15 is 0 Å². The molecule has 3 rings (SSSR count). The summed E-state index contributed by atoms with van der Waals surface area (Å²) in [4.78, 5) is 5.60. The van der Waals surface area contributed by atoms with E-state index < -0.39 is 0 Å². The molecule has 2 nitrogen and oxygen atoms in total. The Kier molecular flexibility index (Phi) is 3.87. The lowest BCUT2D eigenvalue weighted by Gasteiger charge is -2.18. The monoisotopic (exact) mass is 292 g/mol. The first-order chi connectivity index (χ1) is 9.22. The van der Waals surface area contributed by atoms with E-state index in [0.717, 1.165) is 22.5 Å². The molecule has 1 aliphatic rings. The third-order valence-corrected chi connectivity index (χ3v) is 4.65. The summed E-state index contributed by atoms with van der Waals surface area (Å²) in [6.45, 7) is 2.95. The van der Waals surface area contributed by atoms with Crippen LogP contribution < -0.4 is 5.32 Å². The van der Waals surface area contributed by atoms with Crippen molar-refractivity contribution in [1.29, 1.82) is 0 Å². The molecule has 1 unspecified atom stereocenters. The Morgan fingerprint density at radius 2 is 2.11 bits per heavy atom. The van der Waals surface area contributed by atoms with Gasteiger partial charge in [0.1, 0.15) is 0 Å². The van der Waals surface area contributed by atoms with Crippen molar-refractivity contribution in [2.45, 2.75) is 32.4 Å². The van der Waals surface area contributed by atoms with Gasteiger partial charge in [-0.1, -0.05) is 23.7 Å². The minimum Gasteiger partial charge on any atom is -0.305 e. The molecule has 1 aliphatic carbocycles. The number of aryl methyl sites for hydroxylation is 1. The molecule has 0 amide bonds. The zero-order valence-corrected chi connectivity index (χ0v) is 12.5. The number of rotatable bonds is 5. The van der Waals surface area contributed by atoms with Crippen LogP contribution in [0.15, 0.2) is 30.5 Å². The summed E-state index contributed by atoms with van der Waals surface area (Å²) in [5.41, 5.74) is 1.34. The predicted molar refractivity (Wildman–Crippen MR) is 80.6 cm³/mol. The molecule has 100 valence electrons. The Hall–Kier alpha value is -0.900. The molecule has 0 spiro atoms. The Labute approximate surface area is 122 Å². The average Bonchev–Trinajstić information content (AvgIpc) is 3.15. The molecule has 0 radical (unpaired) electrons. The summed E-state index contributed by atoms with van der Waals surface area (Å²) in [7, 11) is 0. The molecule has 0 saturated heterocycles. The van der Waals surface area contributed by atoms with Gasteiger partial charge in [-0.2, -0.15) is 0 Å². The van der Waals surface area contributed by atoms with E-state index in [4.69, 9.17) is 11.6 Å². The largest absolute Gasteiger partial charge is 0.305 e. The van der Waals surface area contributed by atoms with Gasteiger partial charge in [-0.25, -0.2) is 4.98 Å². The number of thiazole rings is 1. The number of hydrogen-bond acceptors (Lipinski definition) is 3. The molecule has 4 heteroatoms. The molecule has 1 atom stereocenters.